The van der Waals surface area contributed by atoms with E-state index < -0.39 is 0 Å². The zero-order valence-electron chi connectivity index (χ0n) is 10.6. The molecule has 0 bridgehead atoms. The molecular formula is C11H21N3O3. The topological polar surface area (TPSA) is 69.4 Å². The van der Waals surface area contributed by atoms with Gasteiger partial charge in [0.25, 0.3) is 0 Å². The molecule has 98 valence electrons. The molecule has 0 aromatic carbocycles. The van der Waals surface area contributed by atoms with Gasteiger partial charge in [-0.3, -0.25) is 0 Å². The molecule has 1 heterocycles. The number of unbranched alkanes of at least 4 members (excludes halogenated alkanes) is 1. The number of aromatic nitrogens is 2. The first-order valence-corrected chi connectivity index (χ1v) is 5.90. The molecule has 17 heavy (non-hydrogen) atoms. The number of nitrogens with zero attached hydrogens (tertiary/aromatic N) is 2. The molecule has 0 saturated carbocycles. The van der Waals surface area contributed by atoms with Crippen LogP contribution in [0.4, 0.5) is 0 Å². The molecule has 0 atom stereocenters. The van der Waals surface area contributed by atoms with Crippen LogP contribution >= 0.6 is 0 Å². The van der Waals surface area contributed by atoms with E-state index >= 15 is 0 Å². The third kappa shape index (κ3) is 6.35. The van der Waals surface area contributed by atoms with E-state index in [2.05, 4.69) is 20.3 Å². The van der Waals surface area contributed by atoms with E-state index in [4.69, 9.17) is 9.47 Å². The maximum absolute atomic E-state index is 5.36. The van der Waals surface area contributed by atoms with E-state index in [0.29, 0.717) is 19.8 Å². The van der Waals surface area contributed by atoms with Gasteiger partial charge >= 0.3 is 0 Å². The van der Waals surface area contributed by atoms with Crippen molar-refractivity contribution in [2.24, 2.45) is 0 Å². The molecule has 1 rings (SSSR count). The quantitative estimate of drug-likeness (QED) is 0.616. The lowest BCUT2D eigenvalue weighted by Gasteiger charge is -2.04. The van der Waals surface area contributed by atoms with Crippen molar-refractivity contribution < 1.29 is 14.1 Å². The van der Waals surface area contributed by atoms with Crippen molar-refractivity contribution in [3.05, 3.63) is 11.4 Å². The number of aryl methyl sites for hydroxylation is 1. The summed E-state index contributed by atoms with van der Waals surface area (Å²) in [5.41, 5.74) is 1.72. The van der Waals surface area contributed by atoms with Gasteiger partial charge in [-0.1, -0.05) is 10.3 Å². The Morgan fingerprint density at radius 2 is 2.06 bits per heavy atom. The summed E-state index contributed by atoms with van der Waals surface area (Å²) >= 11 is 0. The second kappa shape index (κ2) is 9.09. The molecule has 0 aliphatic heterocycles. The molecular weight excluding hydrogens is 222 g/mol. The maximum atomic E-state index is 5.36. The van der Waals surface area contributed by atoms with Crippen molar-refractivity contribution in [1.29, 1.82) is 0 Å². The molecule has 0 aliphatic carbocycles. The van der Waals surface area contributed by atoms with Crippen molar-refractivity contribution in [1.82, 2.24) is 15.6 Å². The van der Waals surface area contributed by atoms with Gasteiger partial charge in [0.05, 0.1) is 13.2 Å². The first kappa shape index (κ1) is 14.1. The van der Waals surface area contributed by atoms with Gasteiger partial charge in [-0.25, -0.2) is 4.63 Å². The van der Waals surface area contributed by atoms with E-state index in [-0.39, 0.29) is 0 Å². The fourth-order valence-corrected chi connectivity index (χ4v) is 1.32. The summed E-state index contributed by atoms with van der Waals surface area (Å²) in [5, 5.41) is 10.8. The molecule has 0 amide bonds. The number of methoxy groups -OCH3 is 1. The van der Waals surface area contributed by atoms with E-state index in [1.165, 1.54) is 0 Å². The zero-order valence-corrected chi connectivity index (χ0v) is 10.6. The molecule has 0 spiro atoms. The second-order valence-corrected chi connectivity index (χ2v) is 3.79. The van der Waals surface area contributed by atoms with Crippen LogP contribution in [-0.2, 0) is 16.0 Å². The molecule has 0 unspecified atom stereocenters. The molecule has 0 fully saturated rings. The molecule has 0 radical (unpaired) electrons. The van der Waals surface area contributed by atoms with E-state index in [0.717, 1.165) is 37.4 Å². The molecule has 0 saturated heterocycles. The summed E-state index contributed by atoms with van der Waals surface area (Å²) in [6, 6.07) is 0. The lowest BCUT2D eigenvalue weighted by Crippen LogP contribution is -2.16. The van der Waals surface area contributed by atoms with Gasteiger partial charge in [0.15, 0.2) is 0 Å². The highest BCUT2D eigenvalue weighted by molar-refractivity contribution is 5.03. The van der Waals surface area contributed by atoms with Crippen LogP contribution in [0.5, 0.6) is 0 Å². The zero-order chi connectivity index (χ0) is 12.3. The third-order valence-electron chi connectivity index (χ3n) is 2.36. The molecule has 0 aliphatic rings. The monoisotopic (exact) mass is 243 g/mol. The van der Waals surface area contributed by atoms with Crippen LogP contribution < -0.4 is 5.32 Å². The van der Waals surface area contributed by atoms with Crippen LogP contribution in [0.1, 0.15) is 24.2 Å². The van der Waals surface area contributed by atoms with E-state index in [9.17, 15) is 0 Å². The number of hydrogen-bond donors (Lipinski definition) is 1. The largest absolute Gasteiger partial charge is 0.382 e. The van der Waals surface area contributed by atoms with Crippen molar-refractivity contribution >= 4 is 0 Å². The van der Waals surface area contributed by atoms with Crippen LogP contribution in [0.25, 0.3) is 0 Å². The normalized spacial score (nSPS) is 10.9. The minimum absolute atomic E-state index is 0.663. The number of ether oxygens (including phenoxy) is 2. The van der Waals surface area contributed by atoms with Crippen LogP contribution in [-0.4, -0.2) is 43.8 Å². The summed E-state index contributed by atoms with van der Waals surface area (Å²) in [7, 11) is 1.67. The summed E-state index contributed by atoms with van der Waals surface area (Å²) in [6.07, 6.45) is 2.13. The summed E-state index contributed by atoms with van der Waals surface area (Å²) in [5.74, 6) is 0. The van der Waals surface area contributed by atoms with Gasteiger partial charge in [0.1, 0.15) is 11.4 Å². The minimum Gasteiger partial charge on any atom is -0.382 e. The Hall–Kier alpha value is -0.980. The third-order valence-corrected chi connectivity index (χ3v) is 2.36. The molecule has 6 nitrogen and oxygen atoms in total. The van der Waals surface area contributed by atoms with Gasteiger partial charge in [-0.05, 0) is 26.3 Å². The first-order valence-electron chi connectivity index (χ1n) is 5.90. The fraction of sp³-hybridized carbons (Fsp3) is 0.818. The highest BCUT2D eigenvalue weighted by Crippen LogP contribution is 1.99. The second-order valence-electron chi connectivity index (χ2n) is 3.79. The van der Waals surface area contributed by atoms with Crippen molar-refractivity contribution in [2.45, 2.75) is 26.3 Å². The van der Waals surface area contributed by atoms with Gasteiger partial charge in [0, 0.05) is 20.3 Å². The van der Waals surface area contributed by atoms with E-state index in [1.54, 1.807) is 7.11 Å². The van der Waals surface area contributed by atoms with E-state index in [1.807, 2.05) is 6.92 Å². The summed E-state index contributed by atoms with van der Waals surface area (Å²) in [4.78, 5) is 0. The molecule has 1 N–H and O–H groups in total. The van der Waals surface area contributed by atoms with Crippen molar-refractivity contribution in [2.75, 3.05) is 33.5 Å². The highest BCUT2D eigenvalue weighted by Gasteiger charge is 2.02. The van der Waals surface area contributed by atoms with Crippen molar-refractivity contribution in [3.63, 3.8) is 0 Å². The summed E-state index contributed by atoms with van der Waals surface area (Å²) < 4.78 is 14.8. The fourth-order valence-electron chi connectivity index (χ4n) is 1.32. The predicted octanol–water partition coefficient (Wildman–Crippen LogP) is 0.911. The molecule has 1 aromatic rings. The Morgan fingerprint density at radius 1 is 1.18 bits per heavy atom. The van der Waals surface area contributed by atoms with Crippen LogP contribution in [0.3, 0.4) is 0 Å². The number of rotatable bonds is 10. The van der Waals surface area contributed by atoms with Gasteiger partial charge < -0.3 is 14.8 Å². The Bertz CT molecular complexity index is 291. The smallest absolute Gasteiger partial charge is 0.121 e. The predicted molar refractivity (Wildman–Crippen MR) is 62.7 cm³/mol. The lowest BCUT2D eigenvalue weighted by molar-refractivity contribution is 0.0688. The minimum atomic E-state index is 0.663. The first-order chi connectivity index (χ1) is 8.34. The maximum Gasteiger partial charge on any atom is 0.121 e. The number of nitrogens with one attached hydrogen (secondary N) is 1. The van der Waals surface area contributed by atoms with Crippen LogP contribution in [0, 0.1) is 6.92 Å². The Morgan fingerprint density at radius 3 is 2.76 bits per heavy atom. The van der Waals surface area contributed by atoms with Gasteiger partial charge in [0.2, 0.25) is 0 Å². The Kier molecular flexibility index (Phi) is 7.53. The van der Waals surface area contributed by atoms with Gasteiger partial charge in [-0.15, -0.1) is 0 Å². The SMILES string of the molecule is COCCOCCCCNCc1nonc1C. The highest BCUT2D eigenvalue weighted by atomic mass is 16.6. The molecule has 1 aromatic heterocycles. The summed E-state index contributed by atoms with van der Waals surface area (Å²) in [6.45, 7) is 5.66. The average molecular weight is 243 g/mol. The Labute approximate surface area is 102 Å². The van der Waals surface area contributed by atoms with Gasteiger partial charge in [-0.2, -0.15) is 0 Å². The number of hydrogen-bond acceptors (Lipinski definition) is 6. The van der Waals surface area contributed by atoms with Crippen molar-refractivity contribution in [3.8, 4) is 0 Å². The van der Waals surface area contributed by atoms with Crippen LogP contribution in [0.2, 0.25) is 0 Å². The van der Waals surface area contributed by atoms with Crippen LogP contribution in [0.15, 0.2) is 4.63 Å². The average Bonchev–Trinajstić information content (AvgIpc) is 2.73. The Balaban J connectivity index is 1.86. The standard InChI is InChI=1S/C11H21N3O3/c1-10-11(14-17-13-10)9-12-5-3-4-6-16-8-7-15-2/h12H,3-9H2,1-2H3. The lowest BCUT2D eigenvalue weighted by atomic mass is 10.3. The molecule has 6 heteroatoms.